The summed E-state index contributed by atoms with van der Waals surface area (Å²) in [6.45, 7) is 0.425. The van der Waals surface area contributed by atoms with E-state index in [1.165, 1.54) is 11.0 Å². The van der Waals surface area contributed by atoms with Crippen LogP contribution in [0.4, 0.5) is 5.69 Å². The number of aromatic nitrogens is 1. The first-order valence-corrected chi connectivity index (χ1v) is 7.05. The van der Waals surface area contributed by atoms with Crippen molar-refractivity contribution in [2.45, 2.75) is 6.42 Å². The van der Waals surface area contributed by atoms with Gasteiger partial charge in [0.25, 0.3) is 0 Å². The van der Waals surface area contributed by atoms with E-state index in [1.807, 2.05) is 18.2 Å². The SMILES string of the molecule is CN(CCc1ccncc1)C(=O)C(=O)Nc1cccc(C#N)c1. The summed E-state index contributed by atoms with van der Waals surface area (Å²) in [6.07, 6.45) is 4.01. The van der Waals surface area contributed by atoms with Crippen molar-refractivity contribution in [1.82, 2.24) is 9.88 Å². The summed E-state index contributed by atoms with van der Waals surface area (Å²) >= 11 is 0. The minimum absolute atomic E-state index is 0.418. The third kappa shape index (κ3) is 4.64. The average Bonchev–Trinajstić information content (AvgIpc) is 2.60. The van der Waals surface area contributed by atoms with Gasteiger partial charge in [0.15, 0.2) is 0 Å². The molecular formula is C17H16N4O2. The van der Waals surface area contributed by atoms with E-state index in [0.717, 1.165) is 5.56 Å². The van der Waals surface area contributed by atoms with Crippen LogP contribution in [0.3, 0.4) is 0 Å². The molecule has 0 spiro atoms. The monoisotopic (exact) mass is 308 g/mol. The largest absolute Gasteiger partial charge is 0.337 e. The van der Waals surface area contributed by atoms with E-state index >= 15 is 0 Å². The molecule has 1 heterocycles. The Hall–Kier alpha value is -3.20. The van der Waals surface area contributed by atoms with Gasteiger partial charge in [-0.25, -0.2) is 0 Å². The topological polar surface area (TPSA) is 86.1 Å². The fourth-order valence-corrected chi connectivity index (χ4v) is 1.97. The van der Waals surface area contributed by atoms with Crippen molar-refractivity contribution in [2.75, 3.05) is 18.9 Å². The van der Waals surface area contributed by atoms with Crippen molar-refractivity contribution >= 4 is 17.5 Å². The van der Waals surface area contributed by atoms with Crippen LogP contribution in [-0.2, 0) is 16.0 Å². The van der Waals surface area contributed by atoms with Crippen LogP contribution in [0.15, 0.2) is 48.8 Å². The number of amides is 2. The van der Waals surface area contributed by atoms with Crippen molar-refractivity contribution in [3.63, 3.8) is 0 Å². The van der Waals surface area contributed by atoms with Gasteiger partial charge in [0.05, 0.1) is 11.6 Å². The Bertz CT molecular complexity index is 738. The zero-order valence-corrected chi connectivity index (χ0v) is 12.7. The third-order valence-corrected chi connectivity index (χ3v) is 3.28. The molecule has 2 aromatic rings. The fraction of sp³-hybridized carbons (Fsp3) is 0.176. The lowest BCUT2D eigenvalue weighted by molar-refractivity contribution is -0.142. The zero-order chi connectivity index (χ0) is 16.7. The minimum atomic E-state index is -0.725. The molecule has 6 nitrogen and oxygen atoms in total. The Morgan fingerprint density at radius 2 is 2.00 bits per heavy atom. The van der Waals surface area contributed by atoms with E-state index in [-0.39, 0.29) is 0 Å². The lowest BCUT2D eigenvalue weighted by Crippen LogP contribution is -2.38. The first-order chi connectivity index (χ1) is 11.1. The summed E-state index contributed by atoms with van der Waals surface area (Å²) in [7, 11) is 1.58. The number of nitriles is 1. The number of hydrogen-bond donors (Lipinski definition) is 1. The smallest absolute Gasteiger partial charge is 0.313 e. The first-order valence-electron chi connectivity index (χ1n) is 7.05. The number of hydrogen-bond acceptors (Lipinski definition) is 4. The maximum absolute atomic E-state index is 12.1. The van der Waals surface area contributed by atoms with E-state index in [4.69, 9.17) is 5.26 Å². The van der Waals surface area contributed by atoms with Crippen molar-refractivity contribution in [2.24, 2.45) is 0 Å². The Morgan fingerprint density at radius 1 is 1.26 bits per heavy atom. The number of anilines is 1. The average molecular weight is 308 g/mol. The predicted molar refractivity (Wildman–Crippen MR) is 85.4 cm³/mol. The highest BCUT2D eigenvalue weighted by molar-refractivity contribution is 6.39. The number of likely N-dealkylation sites (N-methyl/N-ethyl adjacent to an activating group) is 1. The lowest BCUT2D eigenvalue weighted by Gasteiger charge is -2.16. The van der Waals surface area contributed by atoms with Crippen molar-refractivity contribution in [1.29, 1.82) is 5.26 Å². The molecule has 0 unspecified atom stereocenters. The molecule has 0 atom stereocenters. The van der Waals surface area contributed by atoms with Gasteiger partial charge in [0, 0.05) is 31.7 Å². The number of nitrogens with one attached hydrogen (secondary N) is 1. The molecule has 1 N–H and O–H groups in total. The molecule has 116 valence electrons. The highest BCUT2D eigenvalue weighted by Gasteiger charge is 2.18. The fourth-order valence-electron chi connectivity index (χ4n) is 1.97. The number of pyridine rings is 1. The Balaban J connectivity index is 1.91. The van der Waals surface area contributed by atoms with Gasteiger partial charge >= 0.3 is 11.8 Å². The molecule has 0 fully saturated rings. The van der Waals surface area contributed by atoms with Gasteiger partial charge in [-0.05, 0) is 42.3 Å². The highest BCUT2D eigenvalue weighted by Crippen LogP contribution is 2.10. The molecule has 0 aliphatic carbocycles. The van der Waals surface area contributed by atoms with Crippen molar-refractivity contribution < 1.29 is 9.59 Å². The molecule has 0 radical (unpaired) electrons. The van der Waals surface area contributed by atoms with E-state index < -0.39 is 11.8 Å². The normalized spacial score (nSPS) is 9.74. The molecule has 23 heavy (non-hydrogen) atoms. The van der Waals surface area contributed by atoms with Gasteiger partial charge < -0.3 is 10.2 Å². The quantitative estimate of drug-likeness (QED) is 0.869. The summed E-state index contributed by atoms with van der Waals surface area (Å²) in [5.74, 6) is -1.35. The van der Waals surface area contributed by atoms with Crippen LogP contribution in [0.25, 0.3) is 0 Å². The second-order valence-electron chi connectivity index (χ2n) is 4.98. The molecule has 1 aromatic heterocycles. The predicted octanol–water partition coefficient (Wildman–Crippen LogP) is 1.59. The molecule has 2 amide bonds. The zero-order valence-electron chi connectivity index (χ0n) is 12.7. The third-order valence-electron chi connectivity index (χ3n) is 3.28. The summed E-state index contributed by atoms with van der Waals surface area (Å²) in [5, 5.41) is 11.3. The van der Waals surface area contributed by atoms with Gasteiger partial charge in [-0.15, -0.1) is 0 Å². The lowest BCUT2D eigenvalue weighted by atomic mass is 10.2. The maximum Gasteiger partial charge on any atom is 0.313 e. The van der Waals surface area contributed by atoms with Crippen LogP contribution in [0.1, 0.15) is 11.1 Å². The van der Waals surface area contributed by atoms with Gasteiger partial charge in [0.1, 0.15) is 0 Å². The molecule has 0 saturated heterocycles. The van der Waals surface area contributed by atoms with Crippen LogP contribution < -0.4 is 5.32 Å². The van der Waals surface area contributed by atoms with Crippen LogP contribution in [0, 0.1) is 11.3 Å². The molecule has 0 bridgehead atoms. The van der Waals surface area contributed by atoms with Crippen LogP contribution >= 0.6 is 0 Å². The summed E-state index contributed by atoms with van der Waals surface area (Å²) in [5.41, 5.74) is 1.88. The van der Waals surface area contributed by atoms with Gasteiger partial charge in [-0.1, -0.05) is 6.07 Å². The second-order valence-corrected chi connectivity index (χ2v) is 4.98. The summed E-state index contributed by atoms with van der Waals surface area (Å²) in [4.78, 5) is 29.3. The van der Waals surface area contributed by atoms with Crippen molar-refractivity contribution in [3.05, 3.63) is 59.9 Å². The van der Waals surface area contributed by atoms with Crippen LogP contribution in [0.2, 0.25) is 0 Å². The number of carbonyl (C=O) groups excluding carboxylic acids is 2. The van der Waals surface area contributed by atoms with E-state index in [1.54, 1.807) is 37.6 Å². The Labute approximate surface area is 134 Å². The van der Waals surface area contributed by atoms with E-state index in [2.05, 4.69) is 10.3 Å². The molecule has 0 saturated carbocycles. The minimum Gasteiger partial charge on any atom is -0.337 e. The van der Waals surface area contributed by atoms with Crippen LogP contribution in [0.5, 0.6) is 0 Å². The summed E-state index contributed by atoms with van der Waals surface area (Å²) < 4.78 is 0. The summed E-state index contributed by atoms with van der Waals surface area (Å²) in [6, 6.07) is 12.1. The maximum atomic E-state index is 12.1. The molecule has 1 aromatic carbocycles. The van der Waals surface area contributed by atoms with Gasteiger partial charge in [0.2, 0.25) is 0 Å². The Morgan fingerprint density at radius 3 is 2.70 bits per heavy atom. The Kier molecular flexibility index (Phi) is 5.42. The highest BCUT2D eigenvalue weighted by atomic mass is 16.2. The van der Waals surface area contributed by atoms with Crippen LogP contribution in [-0.4, -0.2) is 35.3 Å². The van der Waals surface area contributed by atoms with Gasteiger partial charge in [-0.2, -0.15) is 5.26 Å². The molecule has 6 heteroatoms. The molecule has 2 rings (SSSR count). The van der Waals surface area contributed by atoms with E-state index in [9.17, 15) is 9.59 Å². The number of carbonyl (C=O) groups is 2. The van der Waals surface area contributed by atoms with Crippen molar-refractivity contribution in [3.8, 4) is 6.07 Å². The molecular weight excluding hydrogens is 292 g/mol. The van der Waals surface area contributed by atoms with Gasteiger partial charge in [-0.3, -0.25) is 14.6 Å². The number of rotatable bonds is 4. The standard InChI is InChI=1S/C17H16N4O2/c1-21(10-7-13-5-8-19-9-6-13)17(23)16(22)20-15-4-2-3-14(11-15)12-18/h2-6,8-9,11H,7,10H2,1H3,(H,20,22). The first kappa shape index (κ1) is 16.2. The molecule has 0 aliphatic rings. The number of nitrogens with zero attached hydrogens (tertiary/aromatic N) is 3. The number of benzene rings is 1. The molecule has 0 aliphatic heterocycles. The van der Waals surface area contributed by atoms with E-state index in [0.29, 0.717) is 24.2 Å². The second kappa shape index (κ2) is 7.71.